The average molecular weight is 818 g/mol. The highest BCUT2D eigenvalue weighted by atomic mass is 35.5. The molecule has 304 valence electrons. The van der Waals surface area contributed by atoms with Gasteiger partial charge in [-0.25, -0.2) is 4.21 Å². The first-order valence-electron chi connectivity index (χ1n) is 20.1. The van der Waals surface area contributed by atoms with E-state index in [1.54, 1.807) is 29.7 Å². The third-order valence-electron chi connectivity index (χ3n) is 12.6. The fourth-order valence-corrected chi connectivity index (χ4v) is 11.5. The van der Waals surface area contributed by atoms with E-state index in [9.17, 15) is 18.6 Å². The number of fused-ring (bicyclic) bond motifs is 4. The Labute approximate surface area is 340 Å². The number of nitrogens with one attached hydrogen (secondary N) is 1. The van der Waals surface area contributed by atoms with Crippen LogP contribution in [0.5, 0.6) is 5.75 Å². The Morgan fingerprint density at radius 3 is 2.70 bits per heavy atom. The molecule has 57 heavy (non-hydrogen) atoms. The number of allylic oxidation sites excluding steroid dienone is 1. The molecule has 3 amide bonds. The highest BCUT2D eigenvalue weighted by Gasteiger charge is 2.44. The molecular weight excluding hydrogens is 766 g/mol. The highest BCUT2D eigenvalue weighted by molar-refractivity contribution is 7.92. The van der Waals surface area contributed by atoms with Crippen LogP contribution in [0.3, 0.4) is 0 Å². The Kier molecular flexibility index (Phi) is 11.3. The number of carbonyl (C=O) groups is 3. The number of hydrogen-bond donors (Lipinski definition) is 1. The Morgan fingerprint density at radius 2 is 1.93 bits per heavy atom. The van der Waals surface area contributed by atoms with Crippen LogP contribution in [0.4, 0.5) is 5.69 Å². The third kappa shape index (κ3) is 8.13. The number of hydrogen-bond acceptors (Lipinski definition) is 8. The maximum absolute atomic E-state index is 14.8. The Hall–Kier alpha value is -4.17. The largest absolute Gasteiger partial charge is 0.490 e. The summed E-state index contributed by atoms with van der Waals surface area (Å²) >= 11 is 6.48. The quantitative estimate of drug-likeness (QED) is 0.308. The number of rotatable bonds is 4. The first-order valence-corrected chi connectivity index (χ1v) is 22.2. The second kappa shape index (κ2) is 16.2. The molecule has 3 aromatic rings. The van der Waals surface area contributed by atoms with E-state index >= 15 is 0 Å². The van der Waals surface area contributed by atoms with Crippen molar-refractivity contribution in [1.29, 1.82) is 0 Å². The van der Waals surface area contributed by atoms with Crippen molar-refractivity contribution in [3.8, 4) is 5.75 Å². The zero-order valence-corrected chi connectivity index (χ0v) is 34.5. The number of methoxy groups -OCH3 is 1. The molecule has 1 saturated carbocycles. The lowest BCUT2D eigenvalue weighted by atomic mass is 9.68. The number of amides is 3. The van der Waals surface area contributed by atoms with Gasteiger partial charge in [-0.15, -0.1) is 4.36 Å². The first kappa shape index (κ1) is 39.6. The van der Waals surface area contributed by atoms with Gasteiger partial charge in [0.05, 0.1) is 42.9 Å². The smallest absolute Gasteiger partial charge is 0.286 e. The maximum atomic E-state index is 14.8. The van der Waals surface area contributed by atoms with Gasteiger partial charge in [0.1, 0.15) is 21.4 Å². The van der Waals surface area contributed by atoms with Crippen molar-refractivity contribution in [2.24, 2.45) is 29.2 Å². The standard InChI is InChI=1S/C43H52ClN5O7S/c1-28-6-4-8-38(54-3)34-12-9-31(34)24-49-26-43(15-5-7-29-20-33(44)11-13-35(29)43)27-56-39-14-10-30(21-36(39)49)40(50)45-57(53,25-28)46-41(51)32-22-37(47(2)23-32)42(52)48-16-18-55-19-17-48/h4,8,10-11,13-14,20-23,28,31,34,38H,5-7,9,12,15-19,24-27H2,1-3H3,(H,45,46,50,51,53)/b8-4-/t28-,31-,34+,38-,43-,57?/m0/s1. The van der Waals surface area contributed by atoms with Gasteiger partial charge in [-0.05, 0) is 104 Å². The number of carbonyl (C=O) groups excluding carboxylic acids is 3. The summed E-state index contributed by atoms with van der Waals surface area (Å²) in [6.45, 7) is 5.66. The number of halogens is 1. The van der Waals surface area contributed by atoms with Crippen LogP contribution in [-0.2, 0) is 38.3 Å². The van der Waals surface area contributed by atoms with E-state index in [-0.39, 0.29) is 40.2 Å². The van der Waals surface area contributed by atoms with Crippen molar-refractivity contribution < 1.29 is 32.8 Å². The van der Waals surface area contributed by atoms with E-state index in [1.165, 1.54) is 23.4 Å². The van der Waals surface area contributed by atoms with Crippen LogP contribution < -0.4 is 14.4 Å². The molecule has 4 heterocycles. The average Bonchev–Trinajstić information content (AvgIpc) is 3.51. The molecule has 2 aromatic carbocycles. The van der Waals surface area contributed by atoms with Gasteiger partial charge in [0, 0.05) is 62.5 Å². The minimum atomic E-state index is -3.65. The molecule has 2 fully saturated rings. The summed E-state index contributed by atoms with van der Waals surface area (Å²) in [5, 5.41) is 0.728. The van der Waals surface area contributed by atoms with Crippen LogP contribution in [0.25, 0.3) is 0 Å². The van der Waals surface area contributed by atoms with Gasteiger partial charge in [-0.3, -0.25) is 19.1 Å². The number of aromatic nitrogens is 1. The molecular formula is C43H52ClN5O7S. The number of anilines is 1. The Bertz CT molecular complexity index is 2210. The number of ether oxygens (including phenoxy) is 3. The molecule has 2 aliphatic carbocycles. The molecule has 1 unspecified atom stereocenters. The van der Waals surface area contributed by atoms with E-state index in [4.69, 9.17) is 25.8 Å². The van der Waals surface area contributed by atoms with Crippen molar-refractivity contribution in [1.82, 2.24) is 14.2 Å². The molecule has 5 aliphatic rings. The first-order chi connectivity index (χ1) is 27.4. The molecule has 2 bridgehead atoms. The molecule has 1 N–H and O–H groups in total. The van der Waals surface area contributed by atoms with Gasteiger partial charge >= 0.3 is 0 Å². The number of benzene rings is 2. The van der Waals surface area contributed by atoms with Gasteiger partial charge in [0.15, 0.2) is 0 Å². The lowest BCUT2D eigenvalue weighted by Gasteiger charge is -2.46. The molecule has 0 radical (unpaired) electrons. The summed E-state index contributed by atoms with van der Waals surface area (Å²) in [4.78, 5) is 45.4. The molecule has 1 aromatic heterocycles. The second-order valence-electron chi connectivity index (χ2n) is 16.5. The van der Waals surface area contributed by atoms with E-state index in [2.05, 4.69) is 38.3 Å². The normalized spacial score (nSPS) is 29.5. The van der Waals surface area contributed by atoms with Crippen LogP contribution >= 0.6 is 11.6 Å². The van der Waals surface area contributed by atoms with Gasteiger partial charge in [0.2, 0.25) is 0 Å². The van der Waals surface area contributed by atoms with E-state index in [1.807, 2.05) is 25.1 Å². The van der Waals surface area contributed by atoms with Crippen molar-refractivity contribution in [3.63, 3.8) is 0 Å². The van der Waals surface area contributed by atoms with Gasteiger partial charge in [0.25, 0.3) is 17.7 Å². The minimum Gasteiger partial charge on any atom is -0.490 e. The number of aryl methyl sites for hydroxylation is 2. The zero-order chi connectivity index (χ0) is 39.9. The second-order valence-corrected chi connectivity index (χ2v) is 19.0. The topological polar surface area (TPSA) is 132 Å². The summed E-state index contributed by atoms with van der Waals surface area (Å²) in [6, 6.07) is 13.0. The predicted molar refractivity (Wildman–Crippen MR) is 220 cm³/mol. The fourth-order valence-electron chi connectivity index (χ4n) is 9.40. The molecule has 6 atom stereocenters. The van der Waals surface area contributed by atoms with Gasteiger partial charge in [-0.1, -0.05) is 36.7 Å². The Balaban J connectivity index is 1.15. The zero-order valence-electron chi connectivity index (χ0n) is 32.9. The Morgan fingerprint density at radius 1 is 1.11 bits per heavy atom. The van der Waals surface area contributed by atoms with Crippen LogP contribution in [0, 0.1) is 17.8 Å². The van der Waals surface area contributed by atoms with Crippen LogP contribution in [-0.4, -0.2) is 96.4 Å². The lowest BCUT2D eigenvalue weighted by Crippen LogP contribution is -2.49. The highest BCUT2D eigenvalue weighted by Crippen LogP contribution is 2.47. The van der Waals surface area contributed by atoms with E-state index in [0.29, 0.717) is 69.2 Å². The summed E-state index contributed by atoms with van der Waals surface area (Å²) in [7, 11) is -0.210. The molecule has 12 nitrogen and oxygen atoms in total. The minimum absolute atomic E-state index is 0.0585. The molecule has 1 saturated heterocycles. The lowest BCUT2D eigenvalue weighted by molar-refractivity contribution is 0.0131. The van der Waals surface area contributed by atoms with Crippen LogP contribution in [0.1, 0.15) is 81.4 Å². The van der Waals surface area contributed by atoms with Crippen molar-refractivity contribution in [2.75, 3.05) is 63.8 Å². The summed E-state index contributed by atoms with van der Waals surface area (Å²) in [5.41, 5.74) is 3.74. The summed E-state index contributed by atoms with van der Waals surface area (Å²) in [5.74, 6) is -0.501. The fraction of sp³-hybridized carbons (Fsp3) is 0.512. The molecule has 8 rings (SSSR count). The third-order valence-corrected chi connectivity index (χ3v) is 14.8. The maximum Gasteiger partial charge on any atom is 0.286 e. The van der Waals surface area contributed by atoms with E-state index in [0.717, 1.165) is 49.4 Å². The predicted octanol–water partition coefficient (Wildman–Crippen LogP) is 6.21. The SMILES string of the molecule is CO[C@H]1/C=C\C[C@H](C)CS(=O)(NC(=O)c2cc(C(=O)N3CCOCC3)n(C)c2)=NC(=O)c2ccc3c(c2)N(C[C@@H]2CC[C@H]21)C[C@@]1(CCCc2cc(Cl)ccc21)CO3. The van der Waals surface area contributed by atoms with Crippen molar-refractivity contribution in [2.45, 2.75) is 57.0 Å². The monoisotopic (exact) mass is 817 g/mol. The van der Waals surface area contributed by atoms with E-state index < -0.39 is 21.7 Å². The summed E-state index contributed by atoms with van der Waals surface area (Å²) in [6.07, 6.45) is 11.2. The van der Waals surface area contributed by atoms with Gasteiger partial charge in [-0.2, -0.15) is 0 Å². The van der Waals surface area contributed by atoms with Gasteiger partial charge < -0.3 is 28.6 Å². The molecule has 14 heteroatoms. The number of nitrogens with zero attached hydrogens (tertiary/aromatic N) is 4. The van der Waals surface area contributed by atoms with Crippen molar-refractivity contribution in [3.05, 3.63) is 93.8 Å². The number of morpholine rings is 1. The molecule has 1 spiro atoms. The summed E-state index contributed by atoms with van der Waals surface area (Å²) < 4.78 is 41.5. The van der Waals surface area contributed by atoms with Crippen LogP contribution in [0.15, 0.2) is 65.2 Å². The van der Waals surface area contributed by atoms with Crippen molar-refractivity contribution >= 4 is 44.9 Å². The van der Waals surface area contributed by atoms with Crippen LogP contribution in [0.2, 0.25) is 5.02 Å². The molecule has 3 aliphatic heterocycles.